The summed E-state index contributed by atoms with van der Waals surface area (Å²) in [6.45, 7) is 3.16. The topological polar surface area (TPSA) is 114 Å². The van der Waals surface area contributed by atoms with E-state index in [1.165, 1.54) is 0 Å². The lowest BCUT2D eigenvalue weighted by Crippen LogP contribution is -2.48. The molecule has 2 aromatic rings. The highest BCUT2D eigenvalue weighted by atomic mass is 16.5. The Hall–Kier alpha value is -3.39. The third-order valence-electron chi connectivity index (χ3n) is 5.23. The fourth-order valence-electron chi connectivity index (χ4n) is 3.78. The predicted molar refractivity (Wildman–Crippen MR) is 118 cm³/mol. The maximum Gasteiger partial charge on any atom is 0.407 e. The van der Waals surface area contributed by atoms with Gasteiger partial charge in [-0.3, -0.25) is 9.59 Å². The fraction of sp³-hybridized carbons (Fsp3) is 0.375. The average molecular weight is 440 g/mol. The van der Waals surface area contributed by atoms with Crippen molar-refractivity contribution in [1.29, 1.82) is 0 Å². The van der Waals surface area contributed by atoms with Gasteiger partial charge in [-0.25, -0.2) is 4.79 Å². The minimum atomic E-state index is -1.24. The summed E-state index contributed by atoms with van der Waals surface area (Å²) in [5.74, 6) is -1.93. The molecule has 1 unspecified atom stereocenters. The largest absolute Gasteiger partial charge is 0.481 e. The van der Waals surface area contributed by atoms with Crippen molar-refractivity contribution in [3.8, 4) is 11.1 Å². The highest BCUT2D eigenvalue weighted by molar-refractivity contribution is 5.89. The molecule has 170 valence electrons. The lowest BCUT2D eigenvalue weighted by atomic mass is 9.98. The van der Waals surface area contributed by atoms with Gasteiger partial charge in [-0.1, -0.05) is 55.5 Å². The Morgan fingerprint density at radius 2 is 1.62 bits per heavy atom. The molecule has 1 atom stereocenters. The van der Waals surface area contributed by atoms with Crippen molar-refractivity contribution < 1.29 is 29.0 Å². The van der Waals surface area contributed by atoms with E-state index in [-0.39, 0.29) is 19.1 Å². The molecule has 0 heterocycles. The van der Waals surface area contributed by atoms with Crippen molar-refractivity contribution in [1.82, 2.24) is 10.6 Å². The van der Waals surface area contributed by atoms with Crippen molar-refractivity contribution >= 4 is 18.0 Å². The molecule has 2 aromatic carbocycles. The van der Waals surface area contributed by atoms with Crippen molar-refractivity contribution in [3.05, 3.63) is 59.7 Å². The van der Waals surface area contributed by atoms with Crippen LogP contribution < -0.4 is 10.6 Å². The molecule has 1 aliphatic rings. The Kier molecular flexibility index (Phi) is 8.21. The van der Waals surface area contributed by atoms with Crippen LogP contribution in [0.15, 0.2) is 48.5 Å². The third kappa shape index (κ3) is 5.85. The molecule has 0 saturated carbocycles. The maximum atomic E-state index is 12.4. The van der Waals surface area contributed by atoms with Gasteiger partial charge in [0.1, 0.15) is 12.6 Å². The van der Waals surface area contributed by atoms with Crippen molar-refractivity contribution in [2.75, 3.05) is 26.4 Å². The molecular weight excluding hydrogens is 412 g/mol. The summed E-state index contributed by atoms with van der Waals surface area (Å²) in [6, 6.07) is 14.6. The molecule has 8 nitrogen and oxygen atoms in total. The van der Waals surface area contributed by atoms with E-state index in [1.54, 1.807) is 0 Å². The first-order valence-corrected chi connectivity index (χ1v) is 10.7. The van der Waals surface area contributed by atoms with Gasteiger partial charge in [0.2, 0.25) is 5.91 Å². The molecule has 0 fully saturated rings. The number of carboxylic acids is 1. The SMILES string of the molecule is CCCOCCNC(=O)C(CC(=O)O)NC(=O)OCC1c2ccccc2-c2ccccc21. The lowest BCUT2D eigenvalue weighted by molar-refractivity contribution is -0.139. The van der Waals surface area contributed by atoms with Crippen LogP contribution in [-0.2, 0) is 19.1 Å². The van der Waals surface area contributed by atoms with Gasteiger partial charge in [0.15, 0.2) is 0 Å². The Morgan fingerprint density at radius 3 is 2.22 bits per heavy atom. The molecule has 2 amide bonds. The zero-order valence-corrected chi connectivity index (χ0v) is 18.0. The van der Waals surface area contributed by atoms with Crippen LogP contribution in [0.5, 0.6) is 0 Å². The van der Waals surface area contributed by atoms with Crippen LogP contribution >= 0.6 is 0 Å². The number of aliphatic carboxylic acids is 1. The van der Waals surface area contributed by atoms with Crippen molar-refractivity contribution in [3.63, 3.8) is 0 Å². The molecule has 32 heavy (non-hydrogen) atoms. The van der Waals surface area contributed by atoms with E-state index in [9.17, 15) is 14.4 Å². The van der Waals surface area contributed by atoms with Gasteiger partial charge in [-0.15, -0.1) is 0 Å². The molecule has 0 aromatic heterocycles. The Bertz CT molecular complexity index is 916. The van der Waals surface area contributed by atoms with Gasteiger partial charge in [0.25, 0.3) is 0 Å². The number of carbonyl (C=O) groups is 3. The van der Waals surface area contributed by atoms with Crippen LogP contribution in [-0.4, -0.2) is 55.5 Å². The van der Waals surface area contributed by atoms with Gasteiger partial charge in [-0.2, -0.15) is 0 Å². The summed E-state index contributed by atoms with van der Waals surface area (Å²) in [5, 5.41) is 14.1. The summed E-state index contributed by atoms with van der Waals surface area (Å²) in [5.41, 5.74) is 4.33. The molecule has 1 aliphatic carbocycles. The molecule has 3 rings (SSSR count). The summed E-state index contributed by atoms with van der Waals surface area (Å²) < 4.78 is 10.7. The van der Waals surface area contributed by atoms with E-state index in [2.05, 4.69) is 10.6 Å². The number of hydrogen-bond acceptors (Lipinski definition) is 5. The Balaban J connectivity index is 1.58. The van der Waals surface area contributed by atoms with Gasteiger partial charge in [0.05, 0.1) is 13.0 Å². The quantitative estimate of drug-likeness (QED) is 0.463. The molecule has 0 aliphatic heterocycles. The second-order valence-electron chi connectivity index (χ2n) is 7.52. The molecular formula is C24H28N2O6. The first-order chi connectivity index (χ1) is 15.5. The fourth-order valence-corrected chi connectivity index (χ4v) is 3.78. The van der Waals surface area contributed by atoms with E-state index in [0.717, 1.165) is 28.7 Å². The Labute approximate surface area is 186 Å². The number of nitrogens with one attached hydrogen (secondary N) is 2. The van der Waals surface area contributed by atoms with Crippen molar-refractivity contribution in [2.45, 2.75) is 31.7 Å². The second kappa shape index (κ2) is 11.3. The Morgan fingerprint density at radius 1 is 1.00 bits per heavy atom. The van der Waals surface area contributed by atoms with Crippen LogP contribution in [0, 0.1) is 0 Å². The average Bonchev–Trinajstić information content (AvgIpc) is 3.10. The summed E-state index contributed by atoms with van der Waals surface area (Å²) in [4.78, 5) is 35.9. The summed E-state index contributed by atoms with van der Waals surface area (Å²) >= 11 is 0. The number of carboxylic acid groups (broad SMARTS) is 1. The monoisotopic (exact) mass is 440 g/mol. The zero-order chi connectivity index (χ0) is 22.9. The number of amides is 2. The lowest BCUT2D eigenvalue weighted by Gasteiger charge is -2.18. The molecule has 0 saturated heterocycles. The molecule has 0 bridgehead atoms. The van der Waals surface area contributed by atoms with E-state index in [0.29, 0.717) is 13.2 Å². The van der Waals surface area contributed by atoms with Crippen LogP contribution in [0.4, 0.5) is 4.79 Å². The van der Waals surface area contributed by atoms with Gasteiger partial charge < -0.3 is 25.2 Å². The number of rotatable bonds is 11. The standard InChI is InChI=1S/C24H28N2O6/c1-2-12-31-13-11-25-23(29)21(14-22(27)28)26-24(30)32-15-20-18-9-5-3-7-16(18)17-8-4-6-10-19(17)20/h3-10,20-21H,2,11-15H2,1H3,(H,25,29)(H,26,30)(H,27,28). The minimum absolute atomic E-state index is 0.0755. The zero-order valence-electron chi connectivity index (χ0n) is 18.0. The normalized spacial score (nSPS) is 13.0. The van der Waals surface area contributed by atoms with Gasteiger partial charge in [-0.05, 0) is 28.7 Å². The van der Waals surface area contributed by atoms with E-state index >= 15 is 0 Å². The van der Waals surface area contributed by atoms with E-state index in [1.807, 2.05) is 55.5 Å². The van der Waals surface area contributed by atoms with Crippen LogP contribution in [0.1, 0.15) is 36.8 Å². The molecule has 0 radical (unpaired) electrons. The van der Waals surface area contributed by atoms with Crippen LogP contribution in [0.2, 0.25) is 0 Å². The first-order valence-electron chi connectivity index (χ1n) is 10.7. The summed E-state index contributed by atoms with van der Waals surface area (Å²) in [7, 11) is 0. The van der Waals surface area contributed by atoms with E-state index < -0.39 is 30.4 Å². The van der Waals surface area contributed by atoms with E-state index in [4.69, 9.17) is 14.6 Å². The van der Waals surface area contributed by atoms with Crippen LogP contribution in [0.3, 0.4) is 0 Å². The number of benzene rings is 2. The highest BCUT2D eigenvalue weighted by Gasteiger charge is 2.30. The minimum Gasteiger partial charge on any atom is -0.481 e. The second-order valence-corrected chi connectivity index (χ2v) is 7.52. The number of hydrogen-bond donors (Lipinski definition) is 3. The highest BCUT2D eigenvalue weighted by Crippen LogP contribution is 2.44. The summed E-state index contributed by atoms with van der Waals surface area (Å²) in [6.07, 6.45) is -0.527. The molecule has 3 N–H and O–H groups in total. The molecule has 0 spiro atoms. The number of carbonyl (C=O) groups excluding carboxylic acids is 2. The first kappa shape index (κ1) is 23.3. The van der Waals surface area contributed by atoms with Gasteiger partial charge in [0, 0.05) is 19.1 Å². The smallest absolute Gasteiger partial charge is 0.407 e. The number of ether oxygens (including phenoxy) is 2. The van der Waals surface area contributed by atoms with Gasteiger partial charge >= 0.3 is 12.1 Å². The number of fused-ring (bicyclic) bond motifs is 3. The predicted octanol–water partition coefficient (Wildman–Crippen LogP) is 2.91. The van der Waals surface area contributed by atoms with Crippen molar-refractivity contribution in [2.24, 2.45) is 0 Å². The maximum absolute atomic E-state index is 12.4. The van der Waals surface area contributed by atoms with Crippen LogP contribution in [0.25, 0.3) is 11.1 Å². The number of alkyl carbamates (subject to hydrolysis) is 1. The molecule has 8 heteroatoms. The third-order valence-corrected chi connectivity index (χ3v) is 5.23.